The molecule has 0 saturated carbocycles. The van der Waals surface area contributed by atoms with E-state index in [1.807, 2.05) is 24.3 Å². The monoisotopic (exact) mass is 305 g/mol. The van der Waals surface area contributed by atoms with Crippen LogP contribution in [0.3, 0.4) is 0 Å². The molecule has 0 aliphatic heterocycles. The number of hydrogen-bond donors (Lipinski definition) is 1. The zero-order valence-electron chi connectivity index (χ0n) is 14.1. The van der Waals surface area contributed by atoms with Gasteiger partial charge in [0.1, 0.15) is 0 Å². The van der Waals surface area contributed by atoms with Gasteiger partial charge in [0.25, 0.3) is 0 Å². The zero-order chi connectivity index (χ0) is 16.0. The number of benzene rings is 1. The second-order valence-corrected chi connectivity index (χ2v) is 5.60. The maximum atomic E-state index is 5.84. The van der Waals surface area contributed by atoms with Crippen LogP contribution in [0.25, 0.3) is 0 Å². The Labute approximate surface area is 135 Å². The largest absolute Gasteiger partial charge is 0.490 e. The molecule has 0 aliphatic rings. The summed E-state index contributed by atoms with van der Waals surface area (Å²) in [7, 11) is 0. The maximum absolute atomic E-state index is 5.84. The van der Waals surface area contributed by atoms with Crippen LogP contribution in [0, 0.1) is 0 Å². The average molecular weight is 305 g/mol. The molecule has 0 saturated heterocycles. The van der Waals surface area contributed by atoms with Crippen molar-refractivity contribution in [3.63, 3.8) is 0 Å². The number of hydrogen-bond acceptors (Lipinski definition) is 3. The van der Waals surface area contributed by atoms with E-state index in [9.17, 15) is 0 Å². The molecule has 22 heavy (non-hydrogen) atoms. The highest BCUT2D eigenvalue weighted by atomic mass is 16.5. The molecule has 0 atom stereocenters. The molecule has 3 heteroatoms. The molecule has 1 rings (SSSR count). The van der Waals surface area contributed by atoms with E-state index in [4.69, 9.17) is 15.2 Å². The molecule has 2 N–H and O–H groups in total. The van der Waals surface area contributed by atoms with Crippen LogP contribution in [-0.4, -0.2) is 6.61 Å². The normalized spacial score (nSPS) is 11.0. The first kappa shape index (κ1) is 18.4. The lowest BCUT2D eigenvalue weighted by molar-refractivity contribution is 0.291. The molecule has 0 spiro atoms. The summed E-state index contributed by atoms with van der Waals surface area (Å²) in [6, 6.07) is 5.54. The molecule has 1 aromatic rings. The number of nitrogen functional groups attached to an aromatic ring is 1. The average Bonchev–Trinajstić information content (AvgIpc) is 2.52. The molecular formula is C19H31NO2. The number of ether oxygens (including phenoxy) is 2. The van der Waals surface area contributed by atoms with Crippen molar-refractivity contribution in [2.75, 3.05) is 12.3 Å². The van der Waals surface area contributed by atoms with E-state index in [0.29, 0.717) is 11.4 Å². The fourth-order valence-electron chi connectivity index (χ4n) is 2.16. The molecular weight excluding hydrogens is 274 g/mol. The fourth-order valence-corrected chi connectivity index (χ4v) is 2.16. The van der Waals surface area contributed by atoms with E-state index in [-0.39, 0.29) is 0 Å². The number of rotatable bonds is 12. The van der Waals surface area contributed by atoms with Crippen LogP contribution in [0.1, 0.15) is 65.2 Å². The van der Waals surface area contributed by atoms with Crippen LogP contribution >= 0.6 is 0 Å². The van der Waals surface area contributed by atoms with Crippen molar-refractivity contribution in [1.82, 2.24) is 0 Å². The third-order valence-corrected chi connectivity index (χ3v) is 3.47. The molecule has 0 fully saturated rings. The Kier molecular flexibility index (Phi) is 10.0. The van der Waals surface area contributed by atoms with Gasteiger partial charge in [0.15, 0.2) is 11.5 Å². The first-order valence-corrected chi connectivity index (χ1v) is 8.62. The second-order valence-electron chi connectivity index (χ2n) is 5.60. The summed E-state index contributed by atoms with van der Waals surface area (Å²) in [4.78, 5) is 0. The highest BCUT2D eigenvalue weighted by Gasteiger charge is 2.05. The van der Waals surface area contributed by atoms with Crippen molar-refractivity contribution in [1.29, 1.82) is 0 Å². The quantitative estimate of drug-likeness (QED) is 0.306. The van der Waals surface area contributed by atoms with Gasteiger partial charge < -0.3 is 15.2 Å². The van der Waals surface area contributed by atoms with Crippen LogP contribution in [-0.2, 0) is 0 Å². The molecule has 0 unspecified atom stereocenters. The number of allylic oxidation sites excluding steroid dienone is 1. The Morgan fingerprint density at radius 3 is 2.50 bits per heavy atom. The van der Waals surface area contributed by atoms with Crippen LogP contribution in [0.2, 0.25) is 0 Å². The van der Waals surface area contributed by atoms with Crippen LogP contribution in [0.5, 0.6) is 11.5 Å². The van der Waals surface area contributed by atoms with E-state index < -0.39 is 0 Å². The van der Waals surface area contributed by atoms with Crippen LogP contribution in [0.4, 0.5) is 5.69 Å². The SMILES string of the molecule is CCC/C=C/Oc1cc(N)ccc1OCCCCCCCC. The van der Waals surface area contributed by atoms with Crippen molar-refractivity contribution < 1.29 is 9.47 Å². The van der Waals surface area contributed by atoms with Gasteiger partial charge >= 0.3 is 0 Å². The highest BCUT2D eigenvalue weighted by Crippen LogP contribution is 2.30. The number of anilines is 1. The third kappa shape index (κ3) is 7.96. The van der Waals surface area contributed by atoms with Crippen molar-refractivity contribution >= 4 is 5.69 Å². The van der Waals surface area contributed by atoms with E-state index in [2.05, 4.69) is 13.8 Å². The van der Waals surface area contributed by atoms with E-state index in [0.717, 1.165) is 31.6 Å². The van der Waals surface area contributed by atoms with Gasteiger partial charge in [-0.15, -0.1) is 0 Å². The first-order chi connectivity index (χ1) is 10.8. The number of nitrogens with two attached hydrogens (primary N) is 1. The fraction of sp³-hybridized carbons (Fsp3) is 0.579. The summed E-state index contributed by atoms with van der Waals surface area (Å²) in [5.74, 6) is 1.46. The van der Waals surface area contributed by atoms with Crippen molar-refractivity contribution in [3.8, 4) is 11.5 Å². The van der Waals surface area contributed by atoms with Crippen LogP contribution < -0.4 is 15.2 Å². The lowest BCUT2D eigenvalue weighted by Gasteiger charge is -2.11. The minimum atomic E-state index is 0.686. The van der Waals surface area contributed by atoms with Gasteiger partial charge in [-0.3, -0.25) is 0 Å². The van der Waals surface area contributed by atoms with Crippen molar-refractivity contribution in [3.05, 3.63) is 30.5 Å². The Morgan fingerprint density at radius 1 is 0.955 bits per heavy atom. The smallest absolute Gasteiger partial charge is 0.170 e. The Balaban J connectivity index is 2.38. The van der Waals surface area contributed by atoms with Gasteiger partial charge in [-0.25, -0.2) is 0 Å². The molecule has 0 aliphatic carbocycles. The summed E-state index contributed by atoms with van der Waals surface area (Å²) in [5, 5.41) is 0. The minimum Gasteiger partial charge on any atom is -0.490 e. The standard InChI is InChI=1S/C19H31NO2/c1-3-5-7-8-9-11-15-21-18-13-12-17(20)16-19(18)22-14-10-6-4-2/h10,12-14,16H,3-9,11,15,20H2,1-2H3/b14-10+. The molecule has 1 aromatic carbocycles. The predicted octanol–water partition coefficient (Wildman–Crippen LogP) is 5.70. The van der Waals surface area contributed by atoms with E-state index in [1.54, 1.807) is 6.26 Å². The molecule has 0 amide bonds. The minimum absolute atomic E-state index is 0.686. The summed E-state index contributed by atoms with van der Waals surface area (Å²) < 4.78 is 11.5. The third-order valence-electron chi connectivity index (χ3n) is 3.47. The lowest BCUT2D eigenvalue weighted by Crippen LogP contribution is -2.00. The summed E-state index contributed by atoms with van der Waals surface area (Å²) >= 11 is 0. The molecule has 0 heterocycles. The van der Waals surface area contributed by atoms with Crippen molar-refractivity contribution in [2.45, 2.75) is 65.2 Å². The van der Waals surface area contributed by atoms with E-state index in [1.165, 1.54) is 32.1 Å². The van der Waals surface area contributed by atoms with Crippen molar-refractivity contribution in [2.24, 2.45) is 0 Å². The molecule has 0 aromatic heterocycles. The zero-order valence-corrected chi connectivity index (χ0v) is 14.1. The number of unbranched alkanes of at least 4 members (excludes halogenated alkanes) is 6. The maximum Gasteiger partial charge on any atom is 0.170 e. The highest BCUT2D eigenvalue weighted by molar-refractivity contribution is 5.52. The molecule has 3 nitrogen and oxygen atoms in total. The summed E-state index contributed by atoms with van der Waals surface area (Å²) in [6.45, 7) is 5.10. The van der Waals surface area contributed by atoms with Gasteiger partial charge in [-0.05, 0) is 31.1 Å². The molecule has 124 valence electrons. The van der Waals surface area contributed by atoms with E-state index >= 15 is 0 Å². The van der Waals surface area contributed by atoms with Gasteiger partial charge in [0, 0.05) is 11.8 Å². The van der Waals surface area contributed by atoms with Gasteiger partial charge in [0.2, 0.25) is 0 Å². The topological polar surface area (TPSA) is 44.5 Å². The summed E-state index contributed by atoms with van der Waals surface area (Å²) in [5.41, 5.74) is 6.51. The summed E-state index contributed by atoms with van der Waals surface area (Å²) in [6.07, 6.45) is 13.4. The van der Waals surface area contributed by atoms with Gasteiger partial charge in [-0.1, -0.05) is 52.4 Å². The Morgan fingerprint density at radius 2 is 1.73 bits per heavy atom. The lowest BCUT2D eigenvalue weighted by atomic mass is 10.1. The first-order valence-electron chi connectivity index (χ1n) is 8.62. The Hall–Kier alpha value is -1.64. The Bertz CT molecular complexity index is 429. The van der Waals surface area contributed by atoms with Gasteiger partial charge in [-0.2, -0.15) is 0 Å². The van der Waals surface area contributed by atoms with Gasteiger partial charge in [0.05, 0.1) is 12.9 Å². The molecule has 0 bridgehead atoms. The predicted molar refractivity (Wildman–Crippen MR) is 94.4 cm³/mol. The van der Waals surface area contributed by atoms with Crippen LogP contribution in [0.15, 0.2) is 30.5 Å². The molecule has 0 radical (unpaired) electrons. The second kappa shape index (κ2) is 12.0.